The number of ether oxygens (including phenoxy) is 3. The summed E-state index contributed by atoms with van der Waals surface area (Å²) in [6, 6.07) is 5.77. The number of nitrogens with zero attached hydrogens (tertiary/aromatic N) is 3. The molecule has 2 heterocycles. The Hall–Kier alpha value is -2.58. The fraction of sp³-hybridized carbons (Fsp3) is 0.500. The number of likely N-dealkylation sites (tertiary alicyclic amines) is 1. The molecule has 0 atom stereocenters. The van der Waals surface area contributed by atoms with Gasteiger partial charge in [0.1, 0.15) is 16.5 Å². The quantitative estimate of drug-likeness (QED) is 0.580. The van der Waals surface area contributed by atoms with E-state index in [0.29, 0.717) is 35.7 Å². The van der Waals surface area contributed by atoms with E-state index in [1.54, 1.807) is 12.3 Å². The van der Waals surface area contributed by atoms with Gasteiger partial charge in [0.15, 0.2) is 5.69 Å². The number of esters is 1. The van der Waals surface area contributed by atoms with Gasteiger partial charge < -0.3 is 19.5 Å². The first-order chi connectivity index (χ1) is 15.0. The molecule has 9 heteroatoms. The van der Waals surface area contributed by atoms with Gasteiger partial charge in [-0.2, -0.15) is 0 Å². The minimum absolute atomic E-state index is 0.243. The highest BCUT2D eigenvalue weighted by atomic mass is 35.5. The summed E-state index contributed by atoms with van der Waals surface area (Å²) in [7, 11) is 1.34. The minimum atomic E-state index is -0.471. The van der Waals surface area contributed by atoms with Crippen molar-refractivity contribution in [2.45, 2.75) is 39.3 Å². The number of carbonyl (C=O) groups excluding carboxylic acids is 1. The Balaban J connectivity index is 1.58. The fourth-order valence-corrected chi connectivity index (χ4v) is 3.78. The molecule has 0 unspecified atom stereocenters. The average molecular weight is 449 g/mol. The van der Waals surface area contributed by atoms with E-state index in [0.717, 1.165) is 38.0 Å². The molecule has 1 aromatic heterocycles. The Labute approximate surface area is 187 Å². The van der Waals surface area contributed by atoms with Crippen molar-refractivity contribution in [3.63, 3.8) is 0 Å². The van der Waals surface area contributed by atoms with Crippen molar-refractivity contribution >= 4 is 23.5 Å². The van der Waals surface area contributed by atoms with Gasteiger partial charge in [0.2, 0.25) is 5.95 Å². The van der Waals surface area contributed by atoms with E-state index < -0.39 is 5.97 Å². The van der Waals surface area contributed by atoms with E-state index in [1.807, 2.05) is 26.0 Å². The van der Waals surface area contributed by atoms with E-state index >= 15 is 0 Å². The van der Waals surface area contributed by atoms with Crippen LogP contribution in [0.15, 0.2) is 24.4 Å². The number of carbonyl (C=O) groups is 1. The molecular formula is C22H29ClN4O4. The molecule has 2 aromatic rings. The summed E-state index contributed by atoms with van der Waals surface area (Å²) in [4.78, 5) is 22.5. The zero-order valence-corrected chi connectivity index (χ0v) is 18.9. The van der Waals surface area contributed by atoms with Gasteiger partial charge in [0.05, 0.1) is 20.3 Å². The van der Waals surface area contributed by atoms with Crippen molar-refractivity contribution in [1.82, 2.24) is 14.9 Å². The maximum Gasteiger partial charge on any atom is 0.356 e. The number of benzene rings is 1. The van der Waals surface area contributed by atoms with Crippen LogP contribution in [0.1, 0.15) is 42.7 Å². The molecule has 0 spiro atoms. The summed E-state index contributed by atoms with van der Waals surface area (Å²) in [5, 5.41) is 3.85. The summed E-state index contributed by atoms with van der Waals surface area (Å²) < 4.78 is 16.1. The lowest BCUT2D eigenvalue weighted by Crippen LogP contribution is -2.39. The molecule has 3 rings (SSSR count). The molecule has 0 amide bonds. The maximum absolute atomic E-state index is 11.7. The number of anilines is 1. The van der Waals surface area contributed by atoms with Crippen molar-refractivity contribution in [2.24, 2.45) is 0 Å². The first-order valence-electron chi connectivity index (χ1n) is 10.5. The molecular weight excluding hydrogens is 420 g/mol. The van der Waals surface area contributed by atoms with Gasteiger partial charge >= 0.3 is 5.97 Å². The number of hydrogen-bond acceptors (Lipinski definition) is 8. The molecule has 1 aliphatic rings. The van der Waals surface area contributed by atoms with Gasteiger partial charge in [-0.05, 0) is 50.5 Å². The van der Waals surface area contributed by atoms with E-state index in [-0.39, 0.29) is 11.7 Å². The van der Waals surface area contributed by atoms with Crippen LogP contribution in [-0.2, 0) is 11.3 Å². The second-order valence-corrected chi connectivity index (χ2v) is 7.60. The third kappa shape index (κ3) is 6.21. The van der Waals surface area contributed by atoms with Gasteiger partial charge in [-0.1, -0.05) is 11.6 Å². The lowest BCUT2D eigenvalue weighted by molar-refractivity contribution is 0.0594. The monoisotopic (exact) mass is 448 g/mol. The average Bonchev–Trinajstić information content (AvgIpc) is 2.78. The van der Waals surface area contributed by atoms with Crippen LogP contribution >= 0.6 is 11.6 Å². The smallest absolute Gasteiger partial charge is 0.356 e. The second kappa shape index (κ2) is 11.2. The van der Waals surface area contributed by atoms with Crippen LogP contribution in [0.2, 0.25) is 5.02 Å². The zero-order chi connectivity index (χ0) is 22.2. The molecule has 0 aliphatic carbocycles. The topological polar surface area (TPSA) is 85.8 Å². The first kappa shape index (κ1) is 23.1. The largest absolute Gasteiger partial charge is 0.492 e. The van der Waals surface area contributed by atoms with Gasteiger partial charge in [-0.3, -0.25) is 4.90 Å². The Bertz CT molecular complexity index is 861. The zero-order valence-electron chi connectivity index (χ0n) is 18.2. The van der Waals surface area contributed by atoms with E-state index in [4.69, 9.17) is 25.8 Å². The van der Waals surface area contributed by atoms with E-state index in [2.05, 4.69) is 20.2 Å². The first-order valence-corrected chi connectivity index (χ1v) is 10.9. The SMILES string of the molecule is CCOc1cc(CN2CCC(Nc3nccc(C(=O)OC)n3)CC2)cc(OCC)c1Cl. The van der Waals surface area contributed by atoms with Crippen LogP contribution in [0, 0.1) is 0 Å². The molecule has 0 radical (unpaired) electrons. The highest BCUT2D eigenvalue weighted by Gasteiger charge is 2.21. The normalized spacial score (nSPS) is 14.8. The predicted molar refractivity (Wildman–Crippen MR) is 119 cm³/mol. The number of methoxy groups -OCH3 is 1. The molecule has 1 aliphatic heterocycles. The molecule has 1 N–H and O–H groups in total. The minimum Gasteiger partial charge on any atom is -0.492 e. The summed E-state index contributed by atoms with van der Waals surface area (Å²) in [5.41, 5.74) is 1.35. The Morgan fingerprint density at radius 1 is 1.19 bits per heavy atom. The third-order valence-electron chi connectivity index (χ3n) is 5.04. The standard InChI is InChI=1S/C22H29ClN4O4/c1-4-30-18-12-15(13-19(20(18)23)31-5-2)14-27-10-7-16(8-11-27)25-22-24-9-6-17(26-22)21(28)29-3/h6,9,12-13,16H,4-5,7-8,10-11,14H2,1-3H3,(H,24,25,26). The highest BCUT2D eigenvalue weighted by molar-refractivity contribution is 6.33. The second-order valence-electron chi connectivity index (χ2n) is 7.22. The van der Waals surface area contributed by atoms with Crippen molar-refractivity contribution in [2.75, 3.05) is 38.7 Å². The number of nitrogens with one attached hydrogen (secondary N) is 1. The number of halogens is 1. The maximum atomic E-state index is 11.7. The van der Waals surface area contributed by atoms with Crippen molar-refractivity contribution in [3.05, 3.63) is 40.7 Å². The molecule has 0 saturated carbocycles. The number of rotatable bonds is 9. The van der Waals surface area contributed by atoms with Crippen LogP contribution in [0.5, 0.6) is 11.5 Å². The predicted octanol–water partition coefficient (Wildman–Crippen LogP) is 3.79. The lowest BCUT2D eigenvalue weighted by atomic mass is 10.0. The third-order valence-corrected chi connectivity index (χ3v) is 5.41. The van der Waals surface area contributed by atoms with Gasteiger partial charge in [0.25, 0.3) is 0 Å². The Morgan fingerprint density at radius 2 is 1.84 bits per heavy atom. The van der Waals surface area contributed by atoms with Gasteiger partial charge in [-0.25, -0.2) is 14.8 Å². The van der Waals surface area contributed by atoms with Crippen LogP contribution in [-0.4, -0.2) is 60.3 Å². The summed E-state index contributed by atoms with van der Waals surface area (Å²) in [6.07, 6.45) is 3.44. The molecule has 168 valence electrons. The van der Waals surface area contributed by atoms with Crippen LogP contribution < -0.4 is 14.8 Å². The number of hydrogen-bond donors (Lipinski definition) is 1. The van der Waals surface area contributed by atoms with E-state index in [9.17, 15) is 4.79 Å². The molecule has 8 nitrogen and oxygen atoms in total. The fourth-order valence-electron chi connectivity index (χ4n) is 3.56. The summed E-state index contributed by atoms with van der Waals surface area (Å²) in [5.74, 6) is 1.29. The molecule has 0 bridgehead atoms. The molecule has 1 aromatic carbocycles. The number of aromatic nitrogens is 2. The Kier molecular flexibility index (Phi) is 8.31. The van der Waals surface area contributed by atoms with Crippen LogP contribution in [0.4, 0.5) is 5.95 Å². The van der Waals surface area contributed by atoms with Crippen molar-refractivity contribution in [3.8, 4) is 11.5 Å². The van der Waals surface area contributed by atoms with Crippen molar-refractivity contribution in [1.29, 1.82) is 0 Å². The van der Waals surface area contributed by atoms with Crippen LogP contribution in [0.25, 0.3) is 0 Å². The molecule has 1 saturated heterocycles. The number of piperidine rings is 1. The highest BCUT2D eigenvalue weighted by Crippen LogP contribution is 2.36. The van der Waals surface area contributed by atoms with E-state index in [1.165, 1.54) is 7.11 Å². The van der Waals surface area contributed by atoms with Gasteiger partial charge in [0, 0.05) is 31.9 Å². The molecule has 1 fully saturated rings. The molecule has 31 heavy (non-hydrogen) atoms. The van der Waals surface area contributed by atoms with Crippen LogP contribution in [0.3, 0.4) is 0 Å². The summed E-state index contributed by atoms with van der Waals surface area (Å²) in [6.45, 7) is 7.60. The lowest BCUT2D eigenvalue weighted by Gasteiger charge is -2.32. The van der Waals surface area contributed by atoms with Gasteiger partial charge in [-0.15, -0.1) is 0 Å². The Morgan fingerprint density at radius 3 is 2.42 bits per heavy atom. The summed E-state index contributed by atoms with van der Waals surface area (Å²) >= 11 is 6.40. The van der Waals surface area contributed by atoms with Crippen molar-refractivity contribution < 1.29 is 19.0 Å².